The summed E-state index contributed by atoms with van der Waals surface area (Å²) in [6.45, 7) is 4.89. The van der Waals surface area contributed by atoms with Crippen molar-refractivity contribution in [3.63, 3.8) is 0 Å². The van der Waals surface area contributed by atoms with Crippen LogP contribution in [0.5, 0.6) is 5.75 Å². The van der Waals surface area contributed by atoms with Gasteiger partial charge in [0.25, 0.3) is 0 Å². The number of likely N-dealkylation sites (tertiary alicyclic amines) is 1. The Bertz CT molecular complexity index is 476. The number of hydrogen-bond donors (Lipinski definition) is 1. The molecule has 0 saturated carbocycles. The van der Waals surface area contributed by atoms with Gasteiger partial charge in [-0.1, -0.05) is 19.1 Å². The minimum absolute atomic E-state index is 0.218. The minimum atomic E-state index is 0.218. The van der Waals surface area contributed by atoms with E-state index in [9.17, 15) is 4.79 Å². The molecule has 2 atom stereocenters. The molecule has 1 N–H and O–H groups in total. The summed E-state index contributed by atoms with van der Waals surface area (Å²) in [5.41, 5.74) is 1.16. The van der Waals surface area contributed by atoms with E-state index in [4.69, 9.17) is 4.74 Å². The second-order valence-electron chi connectivity index (χ2n) is 5.93. The largest absolute Gasteiger partial charge is 0.497 e. The molecule has 0 radical (unpaired) electrons. The van der Waals surface area contributed by atoms with E-state index < -0.39 is 0 Å². The maximum absolute atomic E-state index is 12.4. The highest BCUT2D eigenvalue weighted by atomic mass is 16.5. The van der Waals surface area contributed by atoms with Gasteiger partial charge in [-0.15, -0.1) is 0 Å². The molecule has 116 valence electrons. The molecule has 1 fully saturated rings. The smallest absolute Gasteiger partial charge is 0.223 e. The third-order valence-electron chi connectivity index (χ3n) is 4.27. The quantitative estimate of drug-likeness (QED) is 0.874. The first-order valence-electron chi connectivity index (χ1n) is 7.70. The van der Waals surface area contributed by atoms with Crippen LogP contribution < -0.4 is 10.1 Å². The Morgan fingerprint density at radius 3 is 3.05 bits per heavy atom. The van der Waals surface area contributed by atoms with Gasteiger partial charge in [0, 0.05) is 19.5 Å². The monoisotopic (exact) mass is 290 g/mol. The molecule has 1 heterocycles. The molecule has 1 amide bonds. The van der Waals surface area contributed by atoms with Gasteiger partial charge in [0.05, 0.1) is 7.11 Å². The average Bonchev–Trinajstić information content (AvgIpc) is 2.96. The summed E-state index contributed by atoms with van der Waals surface area (Å²) in [7, 11) is 3.64. The van der Waals surface area contributed by atoms with Gasteiger partial charge in [-0.3, -0.25) is 4.79 Å². The van der Waals surface area contributed by atoms with Crippen molar-refractivity contribution < 1.29 is 9.53 Å². The fourth-order valence-corrected chi connectivity index (χ4v) is 2.97. The van der Waals surface area contributed by atoms with E-state index in [0.717, 1.165) is 37.4 Å². The number of carbonyl (C=O) groups excluding carboxylic acids is 1. The van der Waals surface area contributed by atoms with E-state index in [2.05, 4.69) is 18.3 Å². The van der Waals surface area contributed by atoms with Crippen molar-refractivity contribution in [3.05, 3.63) is 29.8 Å². The number of rotatable bonds is 6. The Morgan fingerprint density at radius 2 is 2.33 bits per heavy atom. The molecule has 4 heteroatoms. The van der Waals surface area contributed by atoms with Crippen LogP contribution in [0.15, 0.2) is 24.3 Å². The summed E-state index contributed by atoms with van der Waals surface area (Å²) >= 11 is 0. The molecule has 2 rings (SSSR count). The van der Waals surface area contributed by atoms with Gasteiger partial charge in [-0.25, -0.2) is 0 Å². The molecule has 1 saturated heterocycles. The zero-order valence-corrected chi connectivity index (χ0v) is 13.3. The lowest BCUT2D eigenvalue weighted by Crippen LogP contribution is -2.31. The van der Waals surface area contributed by atoms with E-state index in [1.807, 2.05) is 30.1 Å². The summed E-state index contributed by atoms with van der Waals surface area (Å²) in [5, 5.41) is 3.20. The van der Waals surface area contributed by atoms with Crippen molar-refractivity contribution in [2.75, 3.05) is 33.8 Å². The maximum Gasteiger partial charge on any atom is 0.223 e. The summed E-state index contributed by atoms with van der Waals surface area (Å²) in [6.07, 6.45) is 1.68. The Labute approximate surface area is 127 Å². The van der Waals surface area contributed by atoms with Crippen LogP contribution in [0.3, 0.4) is 0 Å². The minimum Gasteiger partial charge on any atom is -0.497 e. The van der Waals surface area contributed by atoms with E-state index in [1.54, 1.807) is 7.11 Å². The Balaban J connectivity index is 1.90. The van der Waals surface area contributed by atoms with Gasteiger partial charge in [0.15, 0.2) is 0 Å². The second-order valence-corrected chi connectivity index (χ2v) is 5.93. The van der Waals surface area contributed by atoms with Gasteiger partial charge in [-0.2, -0.15) is 0 Å². The molecule has 1 aromatic rings. The number of hydrogen-bond acceptors (Lipinski definition) is 3. The topological polar surface area (TPSA) is 41.6 Å². The van der Waals surface area contributed by atoms with Crippen LogP contribution in [0.25, 0.3) is 0 Å². The predicted molar refractivity (Wildman–Crippen MR) is 84.6 cm³/mol. The number of ether oxygens (including phenoxy) is 1. The SMILES string of the molecule is CNCC1CCN(C(=O)CC(C)c2cccc(OC)c2)C1. The Morgan fingerprint density at radius 1 is 1.52 bits per heavy atom. The summed E-state index contributed by atoms with van der Waals surface area (Å²) in [4.78, 5) is 14.4. The van der Waals surface area contributed by atoms with Crippen LogP contribution in [0.4, 0.5) is 0 Å². The lowest BCUT2D eigenvalue weighted by molar-refractivity contribution is -0.130. The Hall–Kier alpha value is -1.55. The zero-order chi connectivity index (χ0) is 15.2. The summed E-state index contributed by atoms with van der Waals surface area (Å²) < 4.78 is 5.25. The van der Waals surface area contributed by atoms with Crippen LogP contribution in [0.2, 0.25) is 0 Å². The molecule has 1 aromatic carbocycles. The van der Waals surface area contributed by atoms with Crippen LogP contribution in [0, 0.1) is 5.92 Å². The van der Waals surface area contributed by atoms with Gasteiger partial charge in [0.1, 0.15) is 5.75 Å². The first-order valence-corrected chi connectivity index (χ1v) is 7.70. The lowest BCUT2D eigenvalue weighted by atomic mass is 9.97. The van der Waals surface area contributed by atoms with Gasteiger partial charge in [0.2, 0.25) is 5.91 Å². The third-order valence-corrected chi connectivity index (χ3v) is 4.27. The fourth-order valence-electron chi connectivity index (χ4n) is 2.97. The average molecular weight is 290 g/mol. The number of methoxy groups -OCH3 is 1. The molecule has 0 bridgehead atoms. The van der Waals surface area contributed by atoms with E-state index in [1.165, 1.54) is 0 Å². The van der Waals surface area contributed by atoms with Gasteiger partial charge in [-0.05, 0) is 49.5 Å². The molecule has 0 aliphatic carbocycles. The molecule has 2 unspecified atom stereocenters. The highest BCUT2D eigenvalue weighted by Crippen LogP contribution is 2.25. The van der Waals surface area contributed by atoms with Crippen molar-refractivity contribution in [2.24, 2.45) is 5.92 Å². The maximum atomic E-state index is 12.4. The van der Waals surface area contributed by atoms with Crippen molar-refractivity contribution in [3.8, 4) is 5.75 Å². The molecule has 0 aromatic heterocycles. The number of amides is 1. The van der Waals surface area contributed by atoms with E-state index in [0.29, 0.717) is 12.3 Å². The molecule has 0 spiro atoms. The normalized spacial score (nSPS) is 19.6. The summed E-state index contributed by atoms with van der Waals surface area (Å²) in [6, 6.07) is 7.99. The summed E-state index contributed by atoms with van der Waals surface area (Å²) in [5.74, 6) is 1.94. The van der Waals surface area contributed by atoms with Crippen LogP contribution in [-0.2, 0) is 4.79 Å². The van der Waals surface area contributed by atoms with Gasteiger partial charge < -0.3 is 15.0 Å². The first-order chi connectivity index (χ1) is 10.1. The predicted octanol–water partition coefficient (Wildman–Crippen LogP) is 2.26. The van der Waals surface area contributed by atoms with Crippen molar-refractivity contribution in [2.45, 2.75) is 25.7 Å². The van der Waals surface area contributed by atoms with Crippen LogP contribution in [0.1, 0.15) is 31.2 Å². The first kappa shape index (κ1) is 15.8. The van der Waals surface area contributed by atoms with Crippen molar-refractivity contribution >= 4 is 5.91 Å². The molecular formula is C17H26N2O2. The number of carbonyl (C=O) groups is 1. The van der Waals surface area contributed by atoms with Crippen molar-refractivity contribution in [1.82, 2.24) is 10.2 Å². The highest BCUT2D eigenvalue weighted by molar-refractivity contribution is 5.77. The molecule has 1 aliphatic heterocycles. The highest BCUT2D eigenvalue weighted by Gasteiger charge is 2.26. The molecule has 4 nitrogen and oxygen atoms in total. The zero-order valence-electron chi connectivity index (χ0n) is 13.3. The number of benzene rings is 1. The van der Waals surface area contributed by atoms with Crippen LogP contribution >= 0.6 is 0 Å². The number of nitrogens with zero attached hydrogens (tertiary/aromatic N) is 1. The number of nitrogens with one attached hydrogen (secondary N) is 1. The van der Waals surface area contributed by atoms with Crippen LogP contribution in [-0.4, -0.2) is 44.6 Å². The standard InChI is InChI=1S/C17H26N2O2/c1-13(15-5-4-6-16(10-15)21-3)9-17(20)19-8-7-14(12-19)11-18-2/h4-6,10,13-14,18H,7-9,11-12H2,1-3H3. The molecule has 21 heavy (non-hydrogen) atoms. The van der Waals surface area contributed by atoms with Crippen molar-refractivity contribution in [1.29, 1.82) is 0 Å². The van der Waals surface area contributed by atoms with E-state index in [-0.39, 0.29) is 11.8 Å². The second kappa shape index (κ2) is 7.46. The van der Waals surface area contributed by atoms with Gasteiger partial charge >= 0.3 is 0 Å². The Kier molecular flexibility index (Phi) is 5.62. The van der Waals surface area contributed by atoms with E-state index >= 15 is 0 Å². The molecular weight excluding hydrogens is 264 g/mol. The fraction of sp³-hybridized carbons (Fsp3) is 0.588. The molecule has 1 aliphatic rings. The third kappa shape index (κ3) is 4.21. The lowest BCUT2D eigenvalue weighted by Gasteiger charge is -2.19.